The normalized spacial score (nSPS) is 8.50. The van der Waals surface area contributed by atoms with E-state index in [0.29, 0.717) is 0 Å². The van der Waals surface area contributed by atoms with Gasteiger partial charge in [-0.05, 0) is 0 Å². The molecule has 2 amide bonds. The van der Waals surface area contributed by atoms with E-state index in [2.05, 4.69) is 17.8 Å². The Morgan fingerprint density at radius 3 is 2.71 bits per heavy atom. The van der Waals surface area contributed by atoms with Gasteiger partial charge in [0.1, 0.15) is 6.54 Å². The lowest BCUT2D eigenvalue weighted by Crippen LogP contribution is -2.42. The molecule has 2 N–H and O–H groups in total. The number of carboxylic acid groups (broad SMARTS) is 1. The van der Waals surface area contributed by atoms with E-state index in [4.69, 9.17) is 11.5 Å². The molecular weight excluding hydrogens is 184 g/mol. The maximum atomic E-state index is 11.2. The second kappa shape index (κ2) is 6.54. The number of nitrogens with zero attached hydrogens (tertiary/aromatic N) is 1. The van der Waals surface area contributed by atoms with Crippen molar-refractivity contribution in [3.8, 4) is 12.3 Å². The Labute approximate surface area is 82.4 Å². The number of hydrogen-bond acceptors (Lipinski definition) is 2. The van der Waals surface area contributed by atoms with Crippen molar-refractivity contribution < 1.29 is 14.7 Å². The molecule has 0 saturated carbocycles. The van der Waals surface area contributed by atoms with Gasteiger partial charge < -0.3 is 15.3 Å². The molecule has 0 aromatic heterocycles. The summed E-state index contributed by atoms with van der Waals surface area (Å²) in [6.45, 7) is 3.24. The molecule has 0 atom stereocenters. The molecule has 0 aliphatic heterocycles. The van der Waals surface area contributed by atoms with E-state index < -0.39 is 18.5 Å². The Bertz CT molecular complexity index is 268. The van der Waals surface area contributed by atoms with Gasteiger partial charge in [0, 0.05) is 6.54 Å². The van der Waals surface area contributed by atoms with Crippen molar-refractivity contribution in [2.75, 3.05) is 19.6 Å². The molecule has 0 aromatic rings. The molecule has 5 nitrogen and oxygen atoms in total. The first-order chi connectivity index (χ1) is 6.61. The van der Waals surface area contributed by atoms with Gasteiger partial charge in [0.15, 0.2) is 0 Å². The standard InChI is InChI=1S/C9H12N2O3/c1-3-5-10-9(14)11(6-4-2)7-8(12)13/h2-3H,1,5-7H2,(H,10,14)(H,12,13). The van der Waals surface area contributed by atoms with E-state index >= 15 is 0 Å². The highest BCUT2D eigenvalue weighted by Crippen LogP contribution is 1.88. The summed E-state index contributed by atoms with van der Waals surface area (Å²) >= 11 is 0. The Kier molecular flexibility index (Phi) is 5.63. The summed E-state index contributed by atoms with van der Waals surface area (Å²) in [5, 5.41) is 10.9. The lowest BCUT2D eigenvalue weighted by atomic mass is 10.5. The van der Waals surface area contributed by atoms with Crippen LogP contribution in [0.4, 0.5) is 4.79 Å². The fourth-order valence-electron chi connectivity index (χ4n) is 0.744. The molecule has 0 spiro atoms. The van der Waals surface area contributed by atoms with E-state index in [-0.39, 0.29) is 13.1 Å². The molecule has 0 rings (SSSR count). The average Bonchev–Trinajstić information content (AvgIpc) is 2.13. The first-order valence-electron chi connectivity index (χ1n) is 3.90. The van der Waals surface area contributed by atoms with E-state index in [1.54, 1.807) is 0 Å². The summed E-state index contributed by atoms with van der Waals surface area (Å²) in [6.07, 6.45) is 6.48. The van der Waals surface area contributed by atoms with E-state index in [1.807, 2.05) is 0 Å². The van der Waals surface area contributed by atoms with Crippen LogP contribution in [0.2, 0.25) is 0 Å². The number of carboxylic acids is 1. The van der Waals surface area contributed by atoms with Gasteiger partial charge in [-0.1, -0.05) is 12.0 Å². The van der Waals surface area contributed by atoms with Crippen LogP contribution in [0.5, 0.6) is 0 Å². The number of carbonyl (C=O) groups is 2. The zero-order valence-electron chi connectivity index (χ0n) is 7.69. The highest BCUT2D eigenvalue weighted by molar-refractivity contribution is 5.80. The first-order valence-corrected chi connectivity index (χ1v) is 3.90. The van der Waals surface area contributed by atoms with Crippen LogP contribution in [0, 0.1) is 12.3 Å². The summed E-state index contributed by atoms with van der Waals surface area (Å²) in [4.78, 5) is 22.6. The molecule has 0 bridgehead atoms. The molecule has 0 aromatic carbocycles. The topological polar surface area (TPSA) is 69.6 Å². The predicted molar refractivity (Wildman–Crippen MR) is 51.6 cm³/mol. The van der Waals surface area contributed by atoms with Crippen LogP contribution in [-0.4, -0.2) is 41.6 Å². The van der Waals surface area contributed by atoms with Crippen LogP contribution in [0.3, 0.4) is 0 Å². The molecule has 0 saturated heterocycles. The number of terminal acetylenes is 1. The molecular formula is C9H12N2O3. The summed E-state index contributed by atoms with van der Waals surface area (Å²) < 4.78 is 0. The number of hydrogen-bond donors (Lipinski definition) is 2. The third kappa shape index (κ3) is 4.83. The van der Waals surface area contributed by atoms with E-state index in [1.165, 1.54) is 6.08 Å². The first kappa shape index (κ1) is 12.0. The van der Waals surface area contributed by atoms with Gasteiger partial charge in [0.05, 0.1) is 6.54 Å². The van der Waals surface area contributed by atoms with Crippen molar-refractivity contribution in [3.63, 3.8) is 0 Å². The van der Waals surface area contributed by atoms with Crippen LogP contribution < -0.4 is 5.32 Å². The molecule has 0 aliphatic carbocycles. The smallest absolute Gasteiger partial charge is 0.323 e. The minimum absolute atomic E-state index is 0.0325. The monoisotopic (exact) mass is 196 g/mol. The van der Waals surface area contributed by atoms with Crippen LogP contribution in [-0.2, 0) is 4.79 Å². The van der Waals surface area contributed by atoms with Gasteiger partial charge in [-0.15, -0.1) is 13.0 Å². The maximum Gasteiger partial charge on any atom is 0.323 e. The number of aliphatic carboxylic acids is 1. The van der Waals surface area contributed by atoms with Crippen molar-refractivity contribution in [3.05, 3.63) is 12.7 Å². The number of nitrogens with one attached hydrogen (secondary N) is 1. The third-order valence-electron chi connectivity index (χ3n) is 1.29. The zero-order chi connectivity index (χ0) is 11.0. The van der Waals surface area contributed by atoms with Crippen LogP contribution in [0.15, 0.2) is 12.7 Å². The number of urea groups is 1. The quantitative estimate of drug-likeness (QED) is 0.476. The lowest BCUT2D eigenvalue weighted by Gasteiger charge is -2.17. The SMILES string of the molecule is C#CCN(CC(=O)O)C(=O)NCC=C. The molecule has 5 heteroatoms. The van der Waals surface area contributed by atoms with Crippen LogP contribution >= 0.6 is 0 Å². The van der Waals surface area contributed by atoms with Gasteiger partial charge in [-0.3, -0.25) is 4.79 Å². The molecule has 76 valence electrons. The molecule has 0 unspecified atom stereocenters. The lowest BCUT2D eigenvalue weighted by molar-refractivity contribution is -0.137. The predicted octanol–water partition coefficient (Wildman–Crippen LogP) is -0.0982. The molecule has 14 heavy (non-hydrogen) atoms. The zero-order valence-corrected chi connectivity index (χ0v) is 7.69. The van der Waals surface area contributed by atoms with E-state index in [9.17, 15) is 9.59 Å². The largest absolute Gasteiger partial charge is 0.480 e. The van der Waals surface area contributed by atoms with Gasteiger partial charge >= 0.3 is 12.0 Å². The van der Waals surface area contributed by atoms with Crippen molar-refractivity contribution in [2.24, 2.45) is 0 Å². The Hall–Kier alpha value is -1.96. The summed E-state index contributed by atoms with van der Waals surface area (Å²) in [6, 6.07) is -0.509. The summed E-state index contributed by atoms with van der Waals surface area (Å²) in [7, 11) is 0. The molecule has 0 fully saturated rings. The molecule has 0 heterocycles. The fraction of sp³-hybridized carbons (Fsp3) is 0.333. The Morgan fingerprint density at radius 1 is 1.64 bits per heavy atom. The number of carbonyl (C=O) groups excluding carboxylic acids is 1. The van der Waals surface area contributed by atoms with Gasteiger partial charge in [0.25, 0.3) is 0 Å². The maximum absolute atomic E-state index is 11.2. The van der Waals surface area contributed by atoms with Gasteiger partial charge in [0.2, 0.25) is 0 Å². The Morgan fingerprint density at radius 2 is 2.29 bits per heavy atom. The van der Waals surface area contributed by atoms with Crippen molar-refractivity contribution in [2.45, 2.75) is 0 Å². The van der Waals surface area contributed by atoms with Gasteiger partial charge in [-0.2, -0.15) is 0 Å². The van der Waals surface area contributed by atoms with Crippen molar-refractivity contribution in [1.82, 2.24) is 10.2 Å². The van der Waals surface area contributed by atoms with E-state index in [0.717, 1.165) is 4.90 Å². The Balaban J connectivity index is 4.18. The second-order valence-electron chi connectivity index (χ2n) is 2.43. The molecule has 0 aliphatic rings. The second-order valence-corrected chi connectivity index (χ2v) is 2.43. The van der Waals surface area contributed by atoms with Gasteiger partial charge in [-0.25, -0.2) is 4.79 Å². The minimum Gasteiger partial charge on any atom is -0.480 e. The highest BCUT2D eigenvalue weighted by Gasteiger charge is 2.14. The molecule has 0 radical (unpaired) electrons. The number of amides is 2. The highest BCUT2D eigenvalue weighted by atomic mass is 16.4. The van der Waals surface area contributed by atoms with Crippen LogP contribution in [0.1, 0.15) is 0 Å². The summed E-state index contributed by atoms with van der Waals surface area (Å²) in [5.41, 5.74) is 0. The van der Waals surface area contributed by atoms with Crippen LogP contribution in [0.25, 0.3) is 0 Å². The fourth-order valence-corrected chi connectivity index (χ4v) is 0.744. The van der Waals surface area contributed by atoms with Crippen molar-refractivity contribution >= 4 is 12.0 Å². The van der Waals surface area contributed by atoms with Crippen molar-refractivity contribution in [1.29, 1.82) is 0 Å². The average molecular weight is 196 g/mol. The minimum atomic E-state index is -1.10. The summed E-state index contributed by atoms with van der Waals surface area (Å²) in [5.74, 6) is 1.10. The number of rotatable bonds is 5. The third-order valence-corrected chi connectivity index (χ3v) is 1.29.